The van der Waals surface area contributed by atoms with Crippen molar-refractivity contribution in [3.05, 3.63) is 35.4 Å². The summed E-state index contributed by atoms with van der Waals surface area (Å²) in [6.07, 6.45) is -4.13. The number of amides is 2. The Labute approximate surface area is 152 Å². The van der Waals surface area contributed by atoms with Crippen LogP contribution in [0.5, 0.6) is 0 Å². The molecular weight excluding hydrogens is 373 g/mol. The first-order valence-electron chi connectivity index (χ1n) is 8.49. The summed E-state index contributed by atoms with van der Waals surface area (Å²) in [5.74, 6) is -2.87. The number of alkyl halides is 3. The highest BCUT2D eigenvalue weighted by molar-refractivity contribution is 5.94. The fraction of sp³-hybridized carbons (Fsp3) is 0.529. The van der Waals surface area contributed by atoms with Crippen LogP contribution >= 0.6 is 0 Å². The van der Waals surface area contributed by atoms with Crippen molar-refractivity contribution in [2.45, 2.75) is 18.6 Å². The number of benzene rings is 1. The molecule has 0 aromatic heterocycles. The van der Waals surface area contributed by atoms with Gasteiger partial charge in [0.15, 0.2) is 0 Å². The molecule has 2 aliphatic rings. The topological polar surface area (TPSA) is 43.9 Å². The Morgan fingerprint density at radius 1 is 1.07 bits per heavy atom. The minimum Gasteiger partial charge on any atom is -0.336 e. The molecule has 2 fully saturated rings. The van der Waals surface area contributed by atoms with Gasteiger partial charge in [0.05, 0.1) is 11.6 Å². The number of piperazine rings is 1. The Balaban J connectivity index is 1.57. The zero-order valence-electron chi connectivity index (χ0n) is 14.3. The predicted molar refractivity (Wildman–Crippen MR) is 84.9 cm³/mol. The molecule has 2 saturated heterocycles. The lowest BCUT2D eigenvalue weighted by Crippen LogP contribution is -2.54. The van der Waals surface area contributed by atoms with E-state index in [-0.39, 0.29) is 25.2 Å². The third-order valence-corrected chi connectivity index (χ3v) is 4.84. The highest BCUT2D eigenvalue weighted by Gasteiger charge is 2.42. The van der Waals surface area contributed by atoms with Crippen LogP contribution in [0.4, 0.5) is 22.0 Å². The molecule has 0 N–H and O–H groups in total. The van der Waals surface area contributed by atoms with E-state index in [2.05, 4.69) is 0 Å². The first-order chi connectivity index (χ1) is 12.7. The molecule has 0 spiro atoms. The molecule has 0 aliphatic carbocycles. The number of halogens is 5. The van der Waals surface area contributed by atoms with Gasteiger partial charge in [-0.15, -0.1) is 0 Å². The molecule has 0 bridgehead atoms. The number of carbonyl (C=O) groups excluding carboxylic acids is 2. The molecule has 1 unspecified atom stereocenters. The van der Waals surface area contributed by atoms with E-state index >= 15 is 0 Å². The molecule has 1 aromatic rings. The van der Waals surface area contributed by atoms with Gasteiger partial charge >= 0.3 is 6.18 Å². The van der Waals surface area contributed by atoms with Crippen LogP contribution in [0.25, 0.3) is 0 Å². The zero-order chi connectivity index (χ0) is 19.8. The van der Waals surface area contributed by atoms with Crippen molar-refractivity contribution in [2.75, 3.05) is 39.3 Å². The second kappa shape index (κ2) is 7.41. The van der Waals surface area contributed by atoms with Gasteiger partial charge in [-0.1, -0.05) is 0 Å². The van der Waals surface area contributed by atoms with E-state index in [0.29, 0.717) is 25.6 Å². The summed E-state index contributed by atoms with van der Waals surface area (Å²) in [6.45, 7) is -0.208. The average molecular weight is 391 g/mol. The van der Waals surface area contributed by atoms with Gasteiger partial charge in [-0.3, -0.25) is 14.5 Å². The van der Waals surface area contributed by atoms with Crippen LogP contribution in [0.1, 0.15) is 16.8 Å². The van der Waals surface area contributed by atoms with Crippen molar-refractivity contribution in [3.8, 4) is 0 Å². The summed E-state index contributed by atoms with van der Waals surface area (Å²) in [6, 6.07) is 2.08. The quantitative estimate of drug-likeness (QED) is 0.740. The van der Waals surface area contributed by atoms with Gasteiger partial charge in [-0.05, 0) is 18.6 Å². The monoisotopic (exact) mass is 391 g/mol. The smallest absolute Gasteiger partial charge is 0.336 e. The minimum absolute atomic E-state index is 0.0446. The second-order valence-corrected chi connectivity index (χ2v) is 6.63. The Hall–Kier alpha value is -2.23. The Morgan fingerprint density at radius 2 is 1.74 bits per heavy atom. The highest BCUT2D eigenvalue weighted by atomic mass is 19.4. The average Bonchev–Trinajstić information content (AvgIpc) is 2.93. The molecule has 27 heavy (non-hydrogen) atoms. The van der Waals surface area contributed by atoms with E-state index in [1.165, 1.54) is 4.90 Å². The fourth-order valence-electron chi connectivity index (χ4n) is 3.50. The molecule has 148 valence electrons. The molecule has 2 heterocycles. The number of nitrogens with zero attached hydrogens (tertiary/aromatic N) is 3. The Kier molecular flexibility index (Phi) is 5.36. The van der Waals surface area contributed by atoms with Crippen molar-refractivity contribution in [3.63, 3.8) is 0 Å². The van der Waals surface area contributed by atoms with E-state index in [0.717, 1.165) is 17.0 Å². The van der Waals surface area contributed by atoms with Crippen LogP contribution in [-0.2, 0) is 4.79 Å². The van der Waals surface area contributed by atoms with Crippen LogP contribution in [0.2, 0.25) is 0 Å². The van der Waals surface area contributed by atoms with E-state index in [9.17, 15) is 31.5 Å². The summed E-state index contributed by atoms with van der Waals surface area (Å²) in [5.41, 5.74) is -0.238. The number of rotatable bonds is 3. The first-order valence-corrected chi connectivity index (χ1v) is 8.49. The third-order valence-electron chi connectivity index (χ3n) is 4.84. The standard InChI is InChI=1S/C17H18F5N3O2/c18-11-1-2-12(13(19)9-11)15(26)24-7-5-23(6-8-24)14-3-4-25(16(14)27)10-17(20,21)22/h1-2,9,14H,3-8,10H2. The zero-order valence-corrected chi connectivity index (χ0v) is 14.3. The third kappa shape index (κ3) is 4.37. The van der Waals surface area contributed by atoms with Crippen molar-refractivity contribution < 1.29 is 31.5 Å². The normalized spacial score (nSPS) is 21.8. The van der Waals surface area contributed by atoms with Gasteiger partial charge in [0.1, 0.15) is 18.2 Å². The van der Waals surface area contributed by atoms with Crippen molar-refractivity contribution in [1.82, 2.24) is 14.7 Å². The molecule has 2 aliphatic heterocycles. The van der Waals surface area contributed by atoms with Gasteiger partial charge in [-0.25, -0.2) is 8.78 Å². The SMILES string of the molecule is O=C(c1ccc(F)cc1F)N1CCN(C2CCN(CC(F)(F)F)C2=O)CC1. The van der Waals surface area contributed by atoms with Gasteiger partial charge in [-0.2, -0.15) is 13.2 Å². The maximum atomic E-state index is 13.8. The van der Waals surface area contributed by atoms with E-state index < -0.39 is 42.2 Å². The van der Waals surface area contributed by atoms with E-state index in [1.54, 1.807) is 4.90 Å². The van der Waals surface area contributed by atoms with Gasteiger partial charge < -0.3 is 9.80 Å². The molecule has 2 amide bonds. The van der Waals surface area contributed by atoms with Crippen LogP contribution < -0.4 is 0 Å². The molecule has 0 radical (unpaired) electrons. The fourth-order valence-corrected chi connectivity index (χ4v) is 3.50. The van der Waals surface area contributed by atoms with Gasteiger partial charge in [0.25, 0.3) is 5.91 Å². The van der Waals surface area contributed by atoms with E-state index in [1.807, 2.05) is 0 Å². The van der Waals surface area contributed by atoms with Crippen molar-refractivity contribution in [2.24, 2.45) is 0 Å². The van der Waals surface area contributed by atoms with Crippen molar-refractivity contribution in [1.29, 1.82) is 0 Å². The lowest BCUT2D eigenvalue weighted by atomic mass is 10.1. The van der Waals surface area contributed by atoms with Gasteiger partial charge in [0.2, 0.25) is 5.91 Å². The highest BCUT2D eigenvalue weighted by Crippen LogP contribution is 2.24. The summed E-state index contributed by atoms with van der Waals surface area (Å²) < 4.78 is 64.2. The minimum atomic E-state index is -4.44. The van der Waals surface area contributed by atoms with Crippen LogP contribution in [-0.4, -0.2) is 78.0 Å². The first kappa shape index (κ1) is 19.5. The summed E-state index contributed by atoms with van der Waals surface area (Å²) in [4.78, 5) is 28.5. The van der Waals surface area contributed by atoms with Crippen molar-refractivity contribution >= 4 is 11.8 Å². The van der Waals surface area contributed by atoms with E-state index in [4.69, 9.17) is 0 Å². The molecule has 10 heteroatoms. The van der Waals surface area contributed by atoms with Crippen LogP contribution in [0.15, 0.2) is 18.2 Å². The molecule has 3 rings (SSSR count). The summed E-state index contributed by atoms with van der Waals surface area (Å²) in [5, 5.41) is 0. The molecule has 5 nitrogen and oxygen atoms in total. The predicted octanol–water partition coefficient (Wildman–Crippen LogP) is 1.89. The number of hydrogen-bond donors (Lipinski definition) is 0. The molecule has 1 aromatic carbocycles. The van der Waals surface area contributed by atoms with Crippen LogP contribution in [0.3, 0.4) is 0 Å². The molecular formula is C17H18F5N3O2. The Bertz CT molecular complexity index is 732. The number of hydrogen-bond acceptors (Lipinski definition) is 3. The second-order valence-electron chi connectivity index (χ2n) is 6.63. The molecule has 0 saturated carbocycles. The summed E-state index contributed by atoms with van der Waals surface area (Å²) in [7, 11) is 0. The number of likely N-dealkylation sites (tertiary alicyclic amines) is 1. The summed E-state index contributed by atoms with van der Waals surface area (Å²) >= 11 is 0. The number of carbonyl (C=O) groups is 2. The van der Waals surface area contributed by atoms with Gasteiger partial charge in [0, 0.05) is 38.8 Å². The lowest BCUT2D eigenvalue weighted by molar-refractivity contribution is -0.159. The maximum absolute atomic E-state index is 13.8. The van der Waals surface area contributed by atoms with Crippen LogP contribution in [0, 0.1) is 11.6 Å². The Morgan fingerprint density at radius 3 is 2.33 bits per heavy atom. The molecule has 1 atom stereocenters. The lowest BCUT2D eigenvalue weighted by Gasteiger charge is -2.37. The maximum Gasteiger partial charge on any atom is 0.406 e. The largest absolute Gasteiger partial charge is 0.406 e.